The summed E-state index contributed by atoms with van der Waals surface area (Å²) in [5.74, 6) is -0.115. The Morgan fingerprint density at radius 3 is 2.52 bits per heavy atom. The number of amides is 1. The summed E-state index contributed by atoms with van der Waals surface area (Å²) in [5.41, 5.74) is 7.74. The van der Waals surface area contributed by atoms with Crippen molar-refractivity contribution in [3.05, 3.63) is 65.0 Å². The largest absolute Gasteiger partial charge is 0.389 e. The lowest BCUT2D eigenvalue weighted by Gasteiger charge is -2.05. The molecule has 0 bridgehead atoms. The second-order valence-corrected chi connectivity index (χ2v) is 5.89. The van der Waals surface area contributed by atoms with Crippen LogP contribution in [0.2, 0.25) is 0 Å². The van der Waals surface area contributed by atoms with Crippen LogP contribution >= 0.6 is 23.6 Å². The van der Waals surface area contributed by atoms with Gasteiger partial charge in [0.05, 0.1) is 5.56 Å². The Morgan fingerprint density at radius 2 is 1.81 bits per heavy atom. The molecule has 0 unspecified atom stereocenters. The number of thiocarbonyl (C=S) groups is 1. The number of thiophene rings is 1. The second-order valence-electron chi connectivity index (χ2n) is 4.54. The smallest absolute Gasteiger partial charge is 0.257 e. The third kappa shape index (κ3) is 2.79. The molecule has 0 radical (unpaired) electrons. The van der Waals surface area contributed by atoms with E-state index in [1.165, 1.54) is 0 Å². The molecule has 3 N–H and O–H groups in total. The molecule has 5 heteroatoms. The zero-order valence-electron chi connectivity index (χ0n) is 11.0. The molecule has 1 aromatic heterocycles. The maximum Gasteiger partial charge on any atom is 0.257 e. The molecule has 21 heavy (non-hydrogen) atoms. The first-order chi connectivity index (χ1) is 10.1. The molecule has 0 aliphatic carbocycles. The highest BCUT2D eigenvalue weighted by Crippen LogP contribution is 2.26. The van der Waals surface area contributed by atoms with E-state index in [1.54, 1.807) is 35.6 Å². The van der Waals surface area contributed by atoms with Gasteiger partial charge in [-0.05, 0) is 30.3 Å². The molecular formula is C16H12N2OS2. The highest BCUT2D eigenvalue weighted by atomic mass is 32.1. The van der Waals surface area contributed by atoms with E-state index >= 15 is 0 Å². The van der Waals surface area contributed by atoms with Crippen molar-refractivity contribution in [3.8, 4) is 0 Å². The van der Waals surface area contributed by atoms with Crippen molar-refractivity contribution in [2.45, 2.75) is 0 Å². The fraction of sp³-hybridized carbons (Fsp3) is 0. The Balaban J connectivity index is 1.84. The first kappa shape index (κ1) is 13.7. The van der Waals surface area contributed by atoms with Gasteiger partial charge in [0.25, 0.3) is 5.91 Å². The molecule has 0 saturated carbocycles. The van der Waals surface area contributed by atoms with E-state index < -0.39 is 0 Å². The molecule has 0 saturated heterocycles. The van der Waals surface area contributed by atoms with Crippen LogP contribution < -0.4 is 11.1 Å². The number of hydrogen-bond acceptors (Lipinski definition) is 3. The zero-order chi connectivity index (χ0) is 14.8. The summed E-state index contributed by atoms with van der Waals surface area (Å²) in [6.07, 6.45) is 0. The summed E-state index contributed by atoms with van der Waals surface area (Å²) in [4.78, 5) is 12.7. The SMILES string of the molecule is NC(=S)c1ccc(NC(=O)c2csc3ccccc23)cc1. The van der Waals surface area contributed by atoms with Crippen LogP contribution in [0.4, 0.5) is 5.69 Å². The van der Waals surface area contributed by atoms with Gasteiger partial charge in [-0.15, -0.1) is 11.3 Å². The quantitative estimate of drug-likeness (QED) is 0.724. The number of carbonyl (C=O) groups excluding carboxylic acids is 1. The number of benzene rings is 2. The van der Waals surface area contributed by atoms with Gasteiger partial charge in [-0.1, -0.05) is 30.4 Å². The fourth-order valence-corrected chi connectivity index (χ4v) is 3.15. The minimum absolute atomic E-state index is 0.115. The topological polar surface area (TPSA) is 55.1 Å². The van der Waals surface area contributed by atoms with Gasteiger partial charge in [-0.2, -0.15) is 0 Å². The maximum atomic E-state index is 12.4. The van der Waals surface area contributed by atoms with Gasteiger partial charge in [0, 0.05) is 26.7 Å². The number of anilines is 1. The van der Waals surface area contributed by atoms with E-state index in [0.717, 1.165) is 21.3 Å². The van der Waals surface area contributed by atoms with Crippen molar-refractivity contribution < 1.29 is 4.79 Å². The lowest BCUT2D eigenvalue weighted by atomic mass is 10.1. The standard InChI is InChI=1S/C16H12N2OS2/c17-15(20)10-5-7-11(8-6-10)18-16(19)13-9-21-14-4-2-1-3-12(13)14/h1-9H,(H2,17,20)(H,18,19). The summed E-state index contributed by atoms with van der Waals surface area (Å²) in [5, 5.41) is 5.74. The van der Waals surface area contributed by atoms with Crippen LogP contribution in [0.1, 0.15) is 15.9 Å². The fourth-order valence-electron chi connectivity index (χ4n) is 2.07. The second kappa shape index (κ2) is 5.63. The molecule has 0 aliphatic heterocycles. The normalized spacial score (nSPS) is 10.5. The summed E-state index contributed by atoms with van der Waals surface area (Å²) in [7, 11) is 0. The molecule has 104 valence electrons. The maximum absolute atomic E-state index is 12.4. The van der Waals surface area contributed by atoms with E-state index in [2.05, 4.69) is 5.32 Å². The third-order valence-electron chi connectivity index (χ3n) is 3.15. The van der Waals surface area contributed by atoms with Crippen LogP contribution in [-0.2, 0) is 0 Å². The van der Waals surface area contributed by atoms with Crippen LogP contribution in [0.25, 0.3) is 10.1 Å². The molecule has 2 aromatic carbocycles. The van der Waals surface area contributed by atoms with Crippen molar-refractivity contribution in [2.75, 3.05) is 5.32 Å². The lowest BCUT2D eigenvalue weighted by Crippen LogP contribution is -2.12. The van der Waals surface area contributed by atoms with Crippen LogP contribution in [0.15, 0.2) is 53.9 Å². The van der Waals surface area contributed by atoms with Gasteiger partial charge in [-0.3, -0.25) is 4.79 Å². The van der Waals surface area contributed by atoms with Crippen molar-refractivity contribution in [3.63, 3.8) is 0 Å². The number of carbonyl (C=O) groups is 1. The Morgan fingerprint density at radius 1 is 1.10 bits per heavy atom. The Bertz CT molecular complexity index is 822. The highest BCUT2D eigenvalue weighted by Gasteiger charge is 2.12. The first-order valence-corrected chi connectivity index (χ1v) is 7.61. The van der Waals surface area contributed by atoms with Gasteiger partial charge >= 0.3 is 0 Å². The number of hydrogen-bond donors (Lipinski definition) is 2. The van der Waals surface area contributed by atoms with Crippen molar-refractivity contribution in [1.29, 1.82) is 0 Å². The van der Waals surface area contributed by atoms with Crippen LogP contribution in [0, 0.1) is 0 Å². The van der Waals surface area contributed by atoms with E-state index in [0.29, 0.717) is 10.6 Å². The number of nitrogens with two attached hydrogens (primary N) is 1. The minimum Gasteiger partial charge on any atom is -0.389 e. The predicted molar refractivity (Wildman–Crippen MR) is 92.1 cm³/mol. The van der Waals surface area contributed by atoms with Crippen LogP contribution in [0.3, 0.4) is 0 Å². The summed E-state index contributed by atoms with van der Waals surface area (Å²) < 4.78 is 1.10. The Kier molecular flexibility index (Phi) is 3.68. The van der Waals surface area contributed by atoms with Crippen LogP contribution in [0.5, 0.6) is 0 Å². The van der Waals surface area contributed by atoms with Gasteiger partial charge in [0.1, 0.15) is 4.99 Å². The van der Waals surface area contributed by atoms with Crippen molar-refractivity contribution in [2.24, 2.45) is 5.73 Å². The molecule has 0 atom stereocenters. The molecule has 3 rings (SSSR count). The van der Waals surface area contributed by atoms with Gasteiger partial charge in [0.2, 0.25) is 0 Å². The molecule has 0 aliphatic rings. The average molecular weight is 312 g/mol. The molecule has 3 aromatic rings. The molecule has 1 heterocycles. The number of nitrogens with one attached hydrogen (secondary N) is 1. The molecule has 0 spiro atoms. The zero-order valence-corrected chi connectivity index (χ0v) is 12.6. The van der Waals surface area contributed by atoms with E-state index in [1.807, 2.05) is 29.6 Å². The molecular weight excluding hydrogens is 300 g/mol. The molecule has 0 fully saturated rings. The molecule has 3 nitrogen and oxygen atoms in total. The average Bonchev–Trinajstić information content (AvgIpc) is 2.92. The summed E-state index contributed by atoms with van der Waals surface area (Å²) >= 11 is 6.47. The number of rotatable bonds is 3. The Labute approximate surface area is 131 Å². The van der Waals surface area contributed by atoms with E-state index in [9.17, 15) is 4.79 Å². The third-order valence-corrected chi connectivity index (χ3v) is 4.35. The summed E-state index contributed by atoms with van der Waals surface area (Å²) in [6, 6.07) is 15.0. The predicted octanol–water partition coefficient (Wildman–Crippen LogP) is 3.79. The summed E-state index contributed by atoms with van der Waals surface area (Å²) in [6.45, 7) is 0. The monoisotopic (exact) mass is 312 g/mol. The van der Waals surface area contributed by atoms with Crippen LogP contribution in [-0.4, -0.2) is 10.9 Å². The first-order valence-electron chi connectivity index (χ1n) is 6.32. The van der Waals surface area contributed by atoms with E-state index in [-0.39, 0.29) is 5.91 Å². The van der Waals surface area contributed by atoms with Crippen molar-refractivity contribution >= 4 is 50.2 Å². The van der Waals surface area contributed by atoms with Gasteiger partial charge in [-0.25, -0.2) is 0 Å². The van der Waals surface area contributed by atoms with E-state index in [4.69, 9.17) is 18.0 Å². The minimum atomic E-state index is -0.115. The molecule has 1 amide bonds. The Hall–Kier alpha value is -2.24. The van der Waals surface area contributed by atoms with Crippen molar-refractivity contribution in [1.82, 2.24) is 0 Å². The van der Waals surface area contributed by atoms with Gasteiger partial charge in [0.15, 0.2) is 0 Å². The lowest BCUT2D eigenvalue weighted by molar-refractivity contribution is 0.102. The van der Waals surface area contributed by atoms with Gasteiger partial charge < -0.3 is 11.1 Å². The highest BCUT2D eigenvalue weighted by molar-refractivity contribution is 7.80. The number of fused-ring (bicyclic) bond motifs is 1.